The fourth-order valence-electron chi connectivity index (χ4n) is 1.49. The summed E-state index contributed by atoms with van der Waals surface area (Å²) in [5.74, 6) is -0.167. The summed E-state index contributed by atoms with van der Waals surface area (Å²) in [6, 6.07) is 1.28. The molecule has 0 atom stereocenters. The molecule has 2 heterocycles. The Hall–Kier alpha value is -1.44. The van der Waals surface area contributed by atoms with Crippen LogP contribution >= 0.6 is 35.0 Å². The fraction of sp³-hybridized carbons (Fsp3) is 0.231. The van der Waals surface area contributed by atoms with Gasteiger partial charge in [-0.2, -0.15) is 4.98 Å². The van der Waals surface area contributed by atoms with E-state index in [1.54, 1.807) is 0 Å². The van der Waals surface area contributed by atoms with Crippen LogP contribution in [0.5, 0.6) is 5.88 Å². The van der Waals surface area contributed by atoms with E-state index < -0.39 is 12.6 Å². The van der Waals surface area contributed by atoms with Gasteiger partial charge in [-0.25, -0.2) is 9.37 Å². The maximum Gasteiger partial charge on any atom is 0.309 e. The van der Waals surface area contributed by atoms with E-state index in [-0.39, 0.29) is 16.7 Å². The van der Waals surface area contributed by atoms with Crippen LogP contribution in [-0.4, -0.2) is 20.9 Å². The molecule has 0 aliphatic carbocycles. The van der Waals surface area contributed by atoms with Gasteiger partial charge in [0.05, 0.1) is 15.7 Å². The molecule has 2 rings (SSSR count). The molecule has 0 N–H and O–H groups in total. The van der Waals surface area contributed by atoms with Gasteiger partial charge in [-0.1, -0.05) is 35.0 Å². The van der Waals surface area contributed by atoms with Crippen molar-refractivity contribution in [1.82, 2.24) is 15.0 Å². The number of carbonyl (C=O) groups is 1. The molecule has 22 heavy (non-hydrogen) atoms. The highest BCUT2D eigenvalue weighted by molar-refractivity contribution is 7.98. The van der Waals surface area contributed by atoms with Crippen LogP contribution in [0, 0.1) is 0 Å². The SMILES string of the molecule is CC(=O)Oc1cc(CF)nc(SCc2c(Cl)cncc2Cl)n1. The zero-order chi connectivity index (χ0) is 16.1. The second-order valence-corrected chi connectivity index (χ2v) is 5.83. The number of carbonyl (C=O) groups excluding carboxylic acids is 1. The van der Waals surface area contributed by atoms with E-state index in [0.717, 1.165) is 0 Å². The van der Waals surface area contributed by atoms with Crippen molar-refractivity contribution in [3.05, 3.63) is 39.8 Å². The molecule has 0 aromatic carbocycles. The van der Waals surface area contributed by atoms with Gasteiger partial charge in [0.15, 0.2) is 5.16 Å². The second-order valence-electron chi connectivity index (χ2n) is 4.08. The van der Waals surface area contributed by atoms with Crippen LogP contribution in [-0.2, 0) is 17.2 Å². The molecular formula is C13H10Cl2FN3O2S. The Morgan fingerprint density at radius 1 is 1.32 bits per heavy atom. The van der Waals surface area contributed by atoms with Gasteiger partial charge in [-0.05, 0) is 0 Å². The Morgan fingerprint density at radius 3 is 2.59 bits per heavy atom. The van der Waals surface area contributed by atoms with Gasteiger partial charge >= 0.3 is 5.97 Å². The predicted octanol–water partition coefficient (Wildman–Crippen LogP) is 3.87. The van der Waals surface area contributed by atoms with Crippen LogP contribution in [0.25, 0.3) is 0 Å². The molecule has 0 unspecified atom stereocenters. The summed E-state index contributed by atoms with van der Waals surface area (Å²) in [5.41, 5.74) is 0.798. The summed E-state index contributed by atoms with van der Waals surface area (Å²) in [6.45, 7) is 0.446. The van der Waals surface area contributed by atoms with E-state index in [2.05, 4.69) is 15.0 Å². The molecule has 2 aromatic heterocycles. The van der Waals surface area contributed by atoms with Crippen LogP contribution < -0.4 is 4.74 Å². The molecule has 9 heteroatoms. The van der Waals surface area contributed by atoms with Gasteiger partial charge in [0, 0.05) is 36.7 Å². The second kappa shape index (κ2) is 7.71. The smallest absolute Gasteiger partial charge is 0.309 e. The third-order valence-electron chi connectivity index (χ3n) is 2.42. The molecule has 0 bridgehead atoms. The third kappa shape index (κ3) is 4.53. The molecule has 0 radical (unpaired) electrons. The first-order valence-electron chi connectivity index (χ1n) is 6.02. The van der Waals surface area contributed by atoms with Gasteiger partial charge in [-0.15, -0.1) is 0 Å². The fourth-order valence-corrected chi connectivity index (χ4v) is 3.07. The number of rotatable bonds is 5. The lowest BCUT2D eigenvalue weighted by Gasteiger charge is -2.07. The number of nitrogens with zero attached hydrogens (tertiary/aromatic N) is 3. The molecule has 0 fully saturated rings. The molecule has 0 aliphatic heterocycles. The summed E-state index contributed by atoms with van der Waals surface area (Å²) in [5, 5.41) is 1.10. The van der Waals surface area contributed by atoms with Crippen molar-refractivity contribution < 1.29 is 13.9 Å². The molecule has 0 saturated heterocycles. The van der Waals surface area contributed by atoms with Gasteiger partial charge in [-0.3, -0.25) is 9.78 Å². The van der Waals surface area contributed by atoms with Gasteiger partial charge in [0.2, 0.25) is 5.88 Å². The molecule has 0 aliphatic rings. The van der Waals surface area contributed by atoms with Crippen molar-refractivity contribution in [2.45, 2.75) is 24.5 Å². The van der Waals surface area contributed by atoms with Crippen LogP contribution in [0.2, 0.25) is 10.0 Å². The highest BCUT2D eigenvalue weighted by Gasteiger charge is 2.11. The highest BCUT2D eigenvalue weighted by atomic mass is 35.5. The van der Waals surface area contributed by atoms with E-state index >= 15 is 0 Å². The molecule has 0 amide bonds. The lowest BCUT2D eigenvalue weighted by atomic mass is 10.3. The zero-order valence-electron chi connectivity index (χ0n) is 11.3. The van der Waals surface area contributed by atoms with Crippen molar-refractivity contribution in [1.29, 1.82) is 0 Å². The van der Waals surface area contributed by atoms with Crippen molar-refractivity contribution in [3.8, 4) is 5.88 Å². The normalized spacial score (nSPS) is 10.5. The first kappa shape index (κ1) is 16.9. The van der Waals surface area contributed by atoms with E-state index in [9.17, 15) is 9.18 Å². The van der Waals surface area contributed by atoms with Crippen molar-refractivity contribution >= 4 is 40.9 Å². The highest BCUT2D eigenvalue weighted by Crippen LogP contribution is 2.30. The summed E-state index contributed by atoms with van der Waals surface area (Å²) < 4.78 is 17.7. The minimum absolute atomic E-state index is 0.00423. The number of esters is 1. The zero-order valence-corrected chi connectivity index (χ0v) is 13.7. The first-order valence-corrected chi connectivity index (χ1v) is 7.76. The number of aromatic nitrogens is 3. The molecule has 116 valence electrons. The number of halogens is 3. The number of hydrogen-bond donors (Lipinski definition) is 0. The van der Waals surface area contributed by atoms with E-state index in [1.165, 1.54) is 37.1 Å². The molecule has 2 aromatic rings. The minimum Gasteiger partial charge on any atom is -0.407 e. The number of alkyl halides is 1. The van der Waals surface area contributed by atoms with Gasteiger partial charge < -0.3 is 4.74 Å². The number of ether oxygens (including phenoxy) is 1. The standard InChI is InChI=1S/C13H10Cl2FN3O2S/c1-7(20)21-12-2-8(3-16)18-13(19-12)22-6-9-10(14)4-17-5-11(9)15/h2,4-5H,3,6H2,1H3. The number of pyridine rings is 1. The average molecular weight is 362 g/mol. The summed E-state index contributed by atoms with van der Waals surface area (Å²) >= 11 is 13.2. The summed E-state index contributed by atoms with van der Waals surface area (Å²) in [4.78, 5) is 22.9. The number of hydrogen-bond acceptors (Lipinski definition) is 6. The Bertz CT molecular complexity index is 683. The Balaban J connectivity index is 2.20. The molecular weight excluding hydrogens is 352 g/mol. The van der Waals surface area contributed by atoms with Crippen LogP contribution in [0.4, 0.5) is 4.39 Å². The largest absolute Gasteiger partial charge is 0.407 e. The predicted molar refractivity (Wildman–Crippen MR) is 82.0 cm³/mol. The van der Waals surface area contributed by atoms with E-state index in [0.29, 0.717) is 21.4 Å². The van der Waals surface area contributed by atoms with Crippen LogP contribution in [0.1, 0.15) is 18.2 Å². The summed E-state index contributed by atoms with van der Waals surface area (Å²) in [7, 11) is 0. The Kier molecular flexibility index (Phi) is 5.93. The monoisotopic (exact) mass is 361 g/mol. The van der Waals surface area contributed by atoms with E-state index in [4.69, 9.17) is 27.9 Å². The van der Waals surface area contributed by atoms with Crippen molar-refractivity contribution in [3.63, 3.8) is 0 Å². The van der Waals surface area contributed by atoms with Crippen molar-refractivity contribution in [2.24, 2.45) is 0 Å². The lowest BCUT2D eigenvalue weighted by molar-refractivity contribution is -0.132. The van der Waals surface area contributed by atoms with E-state index in [1.807, 2.05) is 0 Å². The third-order valence-corrected chi connectivity index (χ3v) is 3.94. The Labute approximate surface area is 140 Å². The van der Waals surface area contributed by atoms with Gasteiger partial charge in [0.1, 0.15) is 6.67 Å². The average Bonchev–Trinajstić information content (AvgIpc) is 2.45. The topological polar surface area (TPSA) is 65.0 Å². The molecule has 0 spiro atoms. The maximum absolute atomic E-state index is 12.8. The van der Waals surface area contributed by atoms with Gasteiger partial charge in [0.25, 0.3) is 0 Å². The Morgan fingerprint density at radius 2 is 2.00 bits per heavy atom. The molecule has 0 saturated carbocycles. The quantitative estimate of drug-likeness (QED) is 0.457. The molecule has 5 nitrogen and oxygen atoms in total. The maximum atomic E-state index is 12.8. The van der Waals surface area contributed by atoms with Crippen molar-refractivity contribution in [2.75, 3.05) is 0 Å². The lowest BCUT2D eigenvalue weighted by Crippen LogP contribution is -2.05. The first-order chi connectivity index (χ1) is 10.5. The minimum atomic E-state index is -0.791. The summed E-state index contributed by atoms with van der Waals surface area (Å²) in [6.07, 6.45) is 2.96. The van der Waals surface area contributed by atoms with Crippen LogP contribution in [0.3, 0.4) is 0 Å². The number of thioether (sulfide) groups is 1. The van der Waals surface area contributed by atoms with Crippen LogP contribution in [0.15, 0.2) is 23.6 Å².